The maximum Gasteiger partial charge on any atom is 0.258 e. The van der Waals surface area contributed by atoms with Crippen LogP contribution in [0.3, 0.4) is 0 Å². The Morgan fingerprint density at radius 3 is 3.13 bits per heavy atom. The van der Waals surface area contributed by atoms with Gasteiger partial charge in [-0.2, -0.15) is 0 Å². The van der Waals surface area contributed by atoms with E-state index in [1.807, 2.05) is 24.3 Å². The van der Waals surface area contributed by atoms with Crippen LogP contribution in [0.4, 0.5) is 0 Å². The number of pyridine rings is 1. The summed E-state index contributed by atoms with van der Waals surface area (Å²) in [5.74, 6) is 0. The Morgan fingerprint density at radius 2 is 2.20 bits per heavy atom. The summed E-state index contributed by atoms with van der Waals surface area (Å²) >= 11 is -1.49. The maximum absolute atomic E-state index is 11.2. The van der Waals surface area contributed by atoms with Crippen LogP contribution in [0.5, 0.6) is 0 Å². The van der Waals surface area contributed by atoms with Gasteiger partial charge < -0.3 is 0 Å². The molecule has 2 aromatic rings. The molecular weight excluding hydrogens is 212 g/mol. The topological polar surface area (TPSA) is 51.5 Å². The molecule has 1 aliphatic rings. The summed E-state index contributed by atoms with van der Waals surface area (Å²) in [6, 6.07) is 7.55. The van der Waals surface area contributed by atoms with Crippen LogP contribution in [0.2, 0.25) is 0 Å². The molecule has 15 heavy (non-hydrogen) atoms. The van der Waals surface area contributed by atoms with Crippen molar-refractivity contribution >= 4 is 27.4 Å². The summed E-state index contributed by atoms with van der Waals surface area (Å²) in [4.78, 5) is 4.25. The summed E-state index contributed by atoms with van der Waals surface area (Å²) in [7, 11) is 0. The van der Waals surface area contributed by atoms with E-state index in [1.165, 1.54) is 5.41 Å². The highest BCUT2D eigenvalue weighted by atomic mass is 32.2. The summed E-state index contributed by atoms with van der Waals surface area (Å²) < 4.78 is 15.8. The van der Waals surface area contributed by atoms with Gasteiger partial charge in [0.05, 0.1) is 10.9 Å². The molecule has 4 nitrogen and oxygen atoms in total. The van der Waals surface area contributed by atoms with Crippen molar-refractivity contribution in [3.05, 3.63) is 41.0 Å². The first kappa shape index (κ1) is 8.55. The van der Waals surface area contributed by atoms with Crippen LogP contribution in [0, 0.1) is 0 Å². The first-order valence-electron chi connectivity index (χ1n) is 4.36. The van der Waals surface area contributed by atoms with Crippen molar-refractivity contribution in [3.8, 4) is 0 Å². The quantitative estimate of drug-likeness (QED) is 0.634. The Labute approximate surface area is 87.5 Å². The molecule has 0 bridgehead atoms. The monoisotopic (exact) mass is 218 g/mol. The molecule has 1 aliphatic heterocycles. The molecule has 1 aromatic heterocycles. The zero-order chi connectivity index (χ0) is 10.3. The Balaban J connectivity index is 2.59. The second-order valence-corrected chi connectivity index (χ2v) is 4.02. The largest absolute Gasteiger partial charge is 0.287 e. The molecule has 5 heteroatoms. The molecule has 2 heterocycles. The van der Waals surface area contributed by atoms with Gasteiger partial charge in [-0.25, -0.2) is 4.21 Å². The lowest BCUT2D eigenvalue weighted by molar-refractivity contribution is 0.360. The van der Waals surface area contributed by atoms with Crippen LogP contribution < -0.4 is 10.6 Å². The number of benzene rings is 1. The molecule has 3 rings (SSSR count). The highest BCUT2D eigenvalue weighted by Crippen LogP contribution is 2.04. The predicted molar refractivity (Wildman–Crippen MR) is 56.2 cm³/mol. The number of aromatic nitrogens is 1. The SMILES string of the molecule is O=S1C=c2c(ccc3cccnc23)=NO1. The van der Waals surface area contributed by atoms with Crippen LogP contribution in [0.1, 0.15) is 0 Å². The Bertz CT molecular complexity index is 681. The van der Waals surface area contributed by atoms with E-state index in [0.29, 0.717) is 5.36 Å². The average Bonchev–Trinajstić information content (AvgIpc) is 2.29. The Morgan fingerprint density at radius 1 is 1.27 bits per heavy atom. The van der Waals surface area contributed by atoms with E-state index in [9.17, 15) is 4.21 Å². The third-order valence-corrected chi connectivity index (χ3v) is 2.86. The van der Waals surface area contributed by atoms with Gasteiger partial charge in [0.15, 0.2) is 0 Å². The number of fused-ring (bicyclic) bond motifs is 3. The van der Waals surface area contributed by atoms with Crippen molar-refractivity contribution in [2.24, 2.45) is 5.16 Å². The number of hydrogen-bond acceptors (Lipinski definition) is 4. The van der Waals surface area contributed by atoms with Gasteiger partial charge in [0.1, 0.15) is 5.36 Å². The van der Waals surface area contributed by atoms with Crippen molar-refractivity contribution in [2.45, 2.75) is 0 Å². The van der Waals surface area contributed by atoms with Crippen LogP contribution >= 0.6 is 0 Å². The van der Waals surface area contributed by atoms with E-state index in [2.05, 4.69) is 14.4 Å². The lowest BCUT2D eigenvalue weighted by Crippen LogP contribution is -2.30. The molecule has 74 valence electrons. The summed E-state index contributed by atoms with van der Waals surface area (Å²) in [5, 5.41) is 7.72. The average molecular weight is 218 g/mol. The minimum atomic E-state index is -1.49. The van der Waals surface area contributed by atoms with Gasteiger partial charge in [-0.05, 0) is 12.1 Å². The highest BCUT2D eigenvalue weighted by molar-refractivity contribution is 7.88. The van der Waals surface area contributed by atoms with E-state index in [0.717, 1.165) is 16.1 Å². The fourth-order valence-corrected chi connectivity index (χ4v) is 2.17. The van der Waals surface area contributed by atoms with Crippen LogP contribution in [0.15, 0.2) is 35.6 Å². The van der Waals surface area contributed by atoms with Gasteiger partial charge in [0, 0.05) is 16.8 Å². The van der Waals surface area contributed by atoms with E-state index in [-0.39, 0.29) is 0 Å². The Hall–Kier alpha value is -1.75. The summed E-state index contributed by atoms with van der Waals surface area (Å²) in [6.07, 6.45) is 1.70. The highest BCUT2D eigenvalue weighted by Gasteiger charge is 2.06. The maximum atomic E-state index is 11.2. The molecule has 1 unspecified atom stereocenters. The van der Waals surface area contributed by atoms with Gasteiger partial charge in [-0.1, -0.05) is 17.3 Å². The third-order valence-electron chi connectivity index (χ3n) is 2.21. The number of nitrogens with zero attached hydrogens (tertiary/aromatic N) is 2. The lowest BCUT2D eigenvalue weighted by atomic mass is 10.2. The first-order chi connectivity index (χ1) is 7.34. The van der Waals surface area contributed by atoms with E-state index in [4.69, 9.17) is 0 Å². The molecule has 0 spiro atoms. The van der Waals surface area contributed by atoms with Gasteiger partial charge >= 0.3 is 0 Å². The van der Waals surface area contributed by atoms with Gasteiger partial charge in [0.2, 0.25) is 0 Å². The first-order valence-corrected chi connectivity index (χ1v) is 5.50. The fourth-order valence-electron chi connectivity index (χ4n) is 1.55. The van der Waals surface area contributed by atoms with Crippen molar-refractivity contribution in [1.29, 1.82) is 0 Å². The molecular formula is C10H6N2O2S. The van der Waals surface area contributed by atoms with Crippen LogP contribution in [-0.2, 0) is 15.4 Å². The van der Waals surface area contributed by atoms with E-state index < -0.39 is 11.1 Å². The molecule has 0 radical (unpaired) electrons. The Kier molecular flexibility index (Phi) is 1.78. The van der Waals surface area contributed by atoms with Crippen molar-refractivity contribution in [2.75, 3.05) is 0 Å². The zero-order valence-electron chi connectivity index (χ0n) is 7.58. The molecule has 0 N–H and O–H groups in total. The normalized spacial score (nSPS) is 18.5. The molecule has 1 aromatic carbocycles. The summed E-state index contributed by atoms with van der Waals surface area (Å²) in [5.41, 5.74) is 0.801. The molecule has 0 aliphatic carbocycles. The molecule has 0 amide bonds. The number of hydrogen-bond donors (Lipinski definition) is 0. The smallest absolute Gasteiger partial charge is 0.258 e. The van der Waals surface area contributed by atoms with E-state index >= 15 is 0 Å². The fraction of sp³-hybridized carbons (Fsp3) is 0. The van der Waals surface area contributed by atoms with Gasteiger partial charge in [-0.3, -0.25) is 9.27 Å². The van der Waals surface area contributed by atoms with E-state index in [1.54, 1.807) is 6.20 Å². The minimum Gasteiger partial charge on any atom is -0.287 e. The van der Waals surface area contributed by atoms with Crippen LogP contribution in [-0.4, -0.2) is 9.19 Å². The zero-order valence-corrected chi connectivity index (χ0v) is 8.40. The second-order valence-electron chi connectivity index (χ2n) is 3.12. The van der Waals surface area contributed by atoms with Crippen molar-refractivity contribution in [1.82, 2.24) is 4.98 Å². The van der Waals surface area contributed by atoms with Crippen LogP contribution in [0.25, 0.3) is 16.3 Å². The van der Waals surface area contributed by atoms with Crippen molar-refractivity contribution in [3.63, 3.8) is 0 Å². The molecule has 1 atom stereocenters. The van der Waals surface area contributed by atoms with Gasteiger partial charge in [-0.15, -0.1) is 0 Å². The summed E-state index contributed by atoms with van der Waals surface area (Å²) in [6.45, 7) is 0. The number of rotatable bonds is 0. The molecule has 0 saturated carbocycles. The molecule has 0 fully saturated rings. The second kappa shape index (κ2) is 3.13. The third kappa shape index (κ3) is 1.32. The molecule has 0 saturated heterocycles. The minimum absolute atomic E-state index is 0.667. The van der Waals surface area contributed by atoms with Gasteiger partial charge in [0.25, 0.3) is 11.1 Å². The predicted octanol–water partition coefficient (Wildman–Crippen LogP) is 0.201. The standard InChI is InChI=1S/C10H6N2O2S/c13-15-6-8-9(12-14-15)4-3-7-2-1-5-11-10(7)8/h1-6H. The lowest BCUT2D eigenvalue weighted by Gasteiger charge is -2.01. The van der Waals surface area contributed by atoms with Crippen molar-refractivity contribution < 1.29 is 8.49 Å².